The van der Waals surface area contributed by atoms with E-state index in [4.69, 9.17) is 11.5 Å². The molecule has 0 unspecified atom stereocenters. The number of anilines is 2. The lowest BCUT2D eigenvalue weighted by Crippen LogP contribution is -1.96. The molecule has 0 bridgehead atoms. The summed E-state index contributed by atoms with van der Waals surface area (Å²) in [6.07, 6.45) is 1.51. The molecule has 1 aromatic rings. The Kier molecular flexibility index (Phi) is 6.69. The van der Waals surface area contributed by atoms with Gasteiger partial charge in [-0.05, 0) is 6.07 Å². The van der Waals surface area contributed by atoms with E-state index in [-0.39, 0.29) is 39.9 Å². The van der Waals surface area contributed by atoms with E-state index in [0.717, 1.165) is 0 Å². The van der Waals surface area contributed by atoms with Crippen molar-refractivity contribution in [1.82, 2.24) is 9.97 Å². The van der Waals surface area contributed by atoms with Gasteiger partial charge < -0.3 is 11.5 Å². The number of nitrogen functional groups attached to an aromatic ring is 2. The second kappa shape index (κ2) is 5.43. The van der Waals surface area contributed by atoms with Crippen LogP contribution in [0.2, 0.25) is 0 Å². The maximum absolute atomic E-state index is 5.23. The van der Waals surface area contributed by atoms with Gasteiger partial charge in [0.25, 0.3) is 0 Å². The largest absolute Gasteiger partial charge is 0.384 e. The Hall–Kier alpha value is -0.360. The molecule has 0 fully saturated rings. The van der Waals surface area contributed by atoms with E-state index in [9.17, 15) is 0 Å². The fourth-order valence-electron chi connectivity index (χ4n) is 0.388. The van der Waals surface area contributed by atoms with E-state index < -0.39 is 0 Å². The molecule has 0 aliphatic carbocycles. The van der Waals surface area contributed by atoms with Crippen LogP contribution in [-0.2, 0) is 0 Å². The minimum absolute atomic E-state index is 0. The highest BCUT2D eigenvalue weighted by molar-refractivity contribution is 8.93. The Balaban J connectivity index is 0. The number of halogens is 2. The fourth-order valence-corrected chi connectivity index (χ4v) is 0.388. The molecule has 10 heavy (non-hydrogen) atoms. The van der Waals surface area contributed by atoms with Gasteiger partial charge in [0.05, 0.1) is 0 Å². The zero-order valence-electron chi connectivity index (χ0n) is 5.02. The summed E-state index contributed by atoms with van der Waals surface area (Å²) in [5.41, 5.74) is 10.4. The molecule has 0 aliphatic rings. The molecule has 0 amide bonds. The Bertz CT molecular complexity index is 175. The van der Waals surface area contributed by atoms with Crippen LogP contribution in [0.3, 0.4) is 0 Å². The first-order chi connectivity index (χ1) is 3.79. The van der Waals surface area contributed by atoms with Gasteiger partial charge in [0.2, 0.25) is 5.95 Å². The smallest absolute Gasteiger partial charge is 0.221 e. The Morgan fingerprint density at radius 1 is 1.20 bits per heavy atom. The van der Waals surface area contributed by atoms with Gasteiger partial charge in [-0.3, -0.25) is 0 Å². The van der Waals surface area contributed by atoms with Crippen LogP contribution in [0, 0.1) is 0 Å². The van der Waals surface area contributed by atoms with Crippen LogP contribution in [0.15, 0.2) is 12.3 Å². The predicted octanol–water partition coefficient (Wildman–Crippen LogP) is 0.797. The first kappa shape index (κ1) is 12.3. The second-order valence-electron chi connectivity index (χ2n) is 1.34. The zero-order chi connectivity index (χ0) is 5.98. The van der Waals surface area contributed by atoms with Crippen LogP contribution in [0.5, 0.6) is 0 Å². The molecular weight excluding hydrogens is 264 g/mol. The summed E-state index contributed by atoms with van der Waals surface area (Å²) in [5.74, 6) is 0.613. The monoisotopic (exact) mass is 270 g/mol. The molecule has 4 N–H and O–H groups in total. The predicted molar refractivity (Wildman–Crippen MR) is 51.5 cm³/mol. The third-order valence-electron chi connectivity index (χ3n) is 0.696. The zero-order valence-corrected chi connectivity index (χ0v) is 8.45. The maximum atomic E-state index is 5.23. The molecule has 0 aliphatic heterocycles. The van der Waals surface area contributed by atoms with Gasteiger partial charge in [-0.2, -0.15) is 4.98 Å². The molecule has 0 radical (unpaired) electrons. The summed E-state index contributed by atoms with van der Waals surface area (Å²) < 4.78 is 0. The van der Waals surface area contributed by atoms with Crippen molar-refractivity contribution in [3.8, 4) is 0 Å². The lowest BCUT2D eigenvalue weighted by molar-refractivity contribution is 1.19. The molecule has 1 heterocycles. The topological polar surface area (TPSA) is 77.8 Å². The van der Waals surface area contributed by atoms with Gasteiger partial charge in [0.1, 0.15) is 5.82 Å². The van der Waals surface area contributed by atoms with Crippen LogP contribution in [0.4, 0.5) is 11.8 Å². The van der Waals surface area contributed by atoms with Gasteiger partial charge in [-0.15, -0.1) is 34.0 Å². The van der Waals surface area contributed by atoms with E-state index in [1.807, 2.05) is 0 Å². The number of hydrogen-bond donors (Lipinski definition) is 2. The van der Waals surface area contributed by atoms with E-state index in [2.05, 4.69) is 9.97 Å². The number of rotatable bonds is 0. The Labute approximate surface area is 79.6 Å². The van der Waals surface area contributed by atoms with E-state index in [1.54, 1.807) is 6.07 Å². The number of nitrogens with zero attached hydrogens (tertiary/aromatic N) is 2. The van der Waals surface area contributed by atoms with Crippen molar-refractivity contribution in [3.63, 3.8) is 0 Å². The lowest BCUT2D eigenvalue weighted by Gasteiger charge is -1.89. The van der Waals surface area contributed by atoms with Crippen molar-refractivity contribution < 1.29 is 0 Å². The third-order valence-corrected chi connectivity index (χ3v) is 0.696. The first-order valence-electron chi connectivity index (χ1n) is 2.13. The van der Waals surface area contributed by atoms with Crippen LogP contribution in [0.1, 0.15) is 0 Å². The van der Waals surface area contributed by atoms with Crippen LogP contribution < -0.4 is 11.5 Å². The molecule has 58 valence electrons. The number of nitrogens with two attached hydrogens (primary N) is 2. The Morgan fingerprint density at radius 2 is 1.80 bits per heavy atom. The highest BCUT2D eigenvalue weighted by atomic mass is 79.9. The molecule has 1 rings (SSSR count). The number of hydrogen-bond acceptors (Lipinski definition) is 4. The SMILES string of the molecule is Br.Br.Nc1ccnc(N)n1. The molecular formula is C4H8Br2N4. The first-order valence-corrected chi connectivity index (χ1v) is 2.13. The minimum Gasteiger partial charge on any atom is -0.384 e. The molecule has 4 nitrogen and oxygen atoms in total. The average Bonchev–Trinajstić information content (AvgIpc) is 1.64. The van der Waals surface area contributed by atoms with Crippen molar-refractivity contribution in [3.05, 3.63) is 12.3 Å². The van der Waals surface area contributed by atoms with Gasteiger partial charge in [-0.25, -0.2) is 4.98 Å². The summed E-state index contributed by atoms with van der Waals surface area (Å²) in [5, 5.41) is 0. The quantitative estimate of drug-likeness (QED) is 0.732. The van der Waals surface area contributed by atoms with Crippen molar-refractivity contribution in [1.29, 1.82) is 0 Å². The molecule has 1 aromatic heterocycles. The molecule has 0 saturated carbocycles. The van der Waals surface area contributed by atoms with Crippen molar-refractivity contribution in [2.75, 3.05) is 11.5 Å². The molecule has 0 atom stereocenters. The highest BCUT2D eigenvalue weighted by Gasteiger charge is 1.84. The molecule has 0 spiro atoms. The summed E-state index contributed by atoms with van der Waals surface area (Å²) in [6.45, 7) is 0. The minimum atomic E-state index is 0. The van der Waals surface area contributed by atoms with Crippen molar-refractivity contribution in [2.24, 2.45) is 0 Å². The highest BCUT2D eigenvalue weighted by Crippen LogP contribution is 1.94. The normalized spacial score (nSPS) is 7.20. The summed E-state index contributed by atoms with van der Waals surface area (Å²) in [4.78, 5) is 7.24. The van der Waals surface area contributed by atoms with Crippen molar-refractivity contribution >= 4 is 45.7 Å². The van der Waals surface area contributed by atoms with Gasteiger partial charge in [-0.1, -0.05) is 0 Å². The second-order valence-corrected chi connectivity index (χ2v) is 1.34. The van der Waals surface area contributed by atoms with Crippen molar-refractivity contribution in [2.45, 2.75) is 0 Å². The maximum Gasteiger partial charge on any atom is 0.221 e. The lowest BCUT2D eigenvalue weighted by atomic mass is 10.6. The fraction of sp³-hybridized carbons (Fsp3) is 0. The molecule has 6 heteroatoms. The summed E-state index contributed by atoms with van der Waals surface area (Å²) in [6, 6.07) is 1.58. The molecule has 0 saturated heterocycles. The van der Waals surface area contributed by atoms with Crippen LogP contribution >= 0.6 is 34.0 Å². The average molecular weight is 272 g/mol. The van der Waals surface area contributed by atoms with E-state index >= 15 is 0 Å². The standard InChI is InChI=1S/C4H6N4.2BrH/c5-3-1-2-7-4(6)8-3;;/h1-2H,(H4,5,6,7,8);2*1H. The van der Waals surface area contributed by atoms with E-state index in [0.29, 0.717) is 5.82 Å². The van der Waals surface area contributed by atoms with Gasteiger partial charge in [0.15, 0.2) is 0 Å². The Morgan fingerprint density at radius 3 is 2.10 bits per heavy atom. The van der Waals surface area contributed by atoms with Crippen LogP contribution in [0.25, 0.3) is 0 Å². The van der Waals surface area contributed by atoms with Crippen LogP contribution in [-0.4, -0.2) is 9.97 Å². The third kappa shape index (κ3) is 3.62. The summed E-state index contributed by atoms with van der Waals surface area (Å²) >= 11 is 0. The molecule has 0 aromatic carbocycles. The van der Waals surface area contributed by atoms with E-state index in [1.165, 1.54) is 6.20 Å². The summed E-state index contributed by atoms with van der Waals surface area (Å²) in [7, 11) is 0. The van der Waals surface area contributed by atoms with Gasteiger partial charge in [0, 0.05) is 6.20 Å². The van der Waals surface area contributed by atoms with Gasteiger partial charge >= 0.3 is 0 Å². The number of aromatic nitrogens is 2.